The van der Waals surface area contributed by atoms with Crippen molar-refractivity contribution in [3.05, 3.63) is 64.5 Å². The molecule has 0 radical (unpaired) electrons. The van der Waals surface area contributed by atoms with Crippen LogP contribution in [0.25, 0.3) is 10.8 Å². The topological polar surface area (TPSA) is 25.2 Å². The van der Waals surface area contributed by atoms with Crippen molar-refractivity contribution in [2.24, 2.45) is 0 Å². The summed E-state index contributed by atoms with van der Waals surface area (Å²) in [5.41, 5.74) is 1.12. The molecule has 0 aliphatic heterocycles. The summed E-state index contributed by atoms with van der Waals surface area (Å²) in [7, 11) is 0. The molecule has 0 aliphatic rings. The van der Waals surface area contributed by atoms with Gasteiger partial charge in [-0.1, -0.05) is 47.1 Å². The Labute approximate surface area is 126 Å². The number of fused-ring (bicyclic) bond motifs is 1. The molecule has 0 spiro atoms. The lowest BCUT2D eigenvalue weighted by Gasteiger charge is -2.10. The molecule has 0 saturated heterocycles. The van der Waals surface area contributed by atoms with E-state index in [0.717, 1.165) is 28.1 Å². The van der Waals surface area contributed by atoms with E-state index in [1.807, 2.05) is 12.1 Å². The van der Waals surface area contributed by atoms with Gasteiger partial charge in [0.25, 0.3) is 0 Å². The zero-order valence-corrected chi connectivity index (χ0v) is 12.9. The smallest absolute Gasteiger partial charge is 0.123 e. The number of rotatable bonds is 4. The highest BCUT2D eigenvalue weighted by Gasteiger charge is 2.05. The van der Waals surface area contributed by atoms with E-state index >= 15 is 0 Å². The molecule has 2 aromatic carbocycles. The first kappa shape index (κ1) is 13.3. The van der Waals surface area contributed by atoms with Gasteiger partial charge in [-0.3, -0.25) is 0 Å². The Morgan fingerprint density at radius 3 is 2.45 bits per heavy atom. The standard InChI is InChI=1S/C17H16BrNO/c1-2-12-7-8-13(20-12)11-19-17-10-9-16(18)14-5-3-4-6-15(14)17/h3-10,19H,2,11H2,1H3. The third-order valence-electron chi connectivity index (χ3n) is 3.39. The first-order chi connectivity index (χ1) is 9.78. The van der Waals surface area contributed by atoms with Crippen molar-refractivity contribution >= 4 is 32.4 Å². The van der Waals surface area contributed by atoms with E-state index in [0.29, 0.717) is 6.54 Å². The lowest BCUT2D eigenvalue weighted by molar-refractivity contribution is 0.476. The normalized spacial score (nSPS) is 10.9. The molecule has 3 heteroatoms. The van der Waals surface area contributed by atoms with Crippen LogP contribution in [-0.2, 0) is 13.0 Å². The third-order valence-corrected chi connectivity index (χ3v) is 4.08. The van der Waals surface area contributed by atoms with Gasteiger partial charge in [0.1, 0.15) is 11.5 Å². The van der Waals surface area contributed by atoms with Crippen molar-refractivity contribution in [3.63, 3.8) is 0 Å². The van der Waals surface area contributed by atoms with Crippen LogP contribution in [0.4, 0.5) is 5.69 Å². The van der Waals surface area contributed by atoms with Crippen LogP contribution in [-0.4, -0.2) is 0 Å². The lowest BCUT2D eigenvalue weighted by atomic mass is 10.1. The average molecular weight is 330 g/mol. The summed E-state index contributed by atoms with van der Waals surface area (Å²) in [5, 5.41) is 5.88. The molecule has 0 saturated carbocycles. The predicted octanol–water partition coefficient (Wildman–Crippen LogP) is 5.37. The molecule has 20 heavy (non-hydrogen) atoms. The summed E-state index contributed by atoms with van der Waals surface area (Å²) in [6, 6.07) is 16.6. The van der Waals surface area contributed by atoms with Crippen LogP contribution in [0.5, 0.6) is 0 Å². The van der Waals surface area contributed by atoms with Crippen molar-refractivity contribution in [3.8, 4) is 0 Å². The predicted molar refractivity (Wildman–Crippen MR) is 87.1 cm³/mol. The molecule has 1 aromatic heterocycles. The quantitative estimate of drug-likeness (QED) is 0.696. The Bertz CT molecular complexity index is 733. The third kappa shape index (κ3) is 2.59. The second-order valence-electron chi connectivity index (χ2n) is 4.72. The number of hydrogen-bond donors (Lipinski definition) is 1. The second-order valence-corrected chi connectivity index (χ2v) is 5.57. The molecule has 1 heterocycles. The van der Waals surface area contributed by atoms with E-state index in [9.17, 15) is 0 Å². The van der Waals surface area contributed by atoms with E-state index in [1.165, 1.54) is 10.8 Å². The van der Waals surface area contributed by atoms with E-state index in [2.05, 4.69) is 64.6 Å². The zero-order chi connectivity index (χ0) is 13.9. The van der Waals surface area contributed by atoms with Crippen LogP contribution >= 0.6 is 15.9 Å². The fourth-order valence-corrected chi connectivity index (χ4v) is 2.78. The Kier molecular flexibility index (Phi) is 3.79. The highest BCUT2D eigenvalue weighted by Crippen LogP contribution is 2.30. The molecule has 0 bridgehead atoms. The van der Waals surface area contributed by atoms with Gasteiger partial charge in [0.05, 0.1) is 6.54 Å². The first-order valence-corrected chi connectivity index (χ1v) is 7.56. The number of hydrogen-bond acceptors (Lipinski definition) is 2. The molecule has 0 aliphatic carbocycles. The summed E-state index contributed by atoms with van der Waals surface area (Å²) in [6.07, 6.45) is 0.932. The highest BCUT2D eigenvalue weighted by atomic mass is 79.9. The minimum absolute atomic E-state index is 0.700. The summed E-state index contributed by atoms with van der Waals surface area (Å²) in [5.74, 6) is 2.00. The Balaban J connectivity index is 1.86. The maximum atomic E-state index is 5.72. The molecule has 0 amide bonds. The SMILES string of the molecule is CCc1ccc(CNc2ccc(Br)c3ccccc23)o1. The Morgan fingerprint density at radius 1 is 0.950 bits per heavy atom. The molecule has 0 unspecified atom stereocenters. The van der Waals surface area contributed by atoms with Gasteiger partial charge in [-0.2, -0.15) is 0 Å². The molecule has 0 atom stereocenters. The second kappa shape index (κ2) is 5.71. The monoisotopic (exact) mass is 329 g/mol. The Hall–Kier alpha value is -1.74. The molecule has 2 nitrogen and oxygen atoms in total. The van der Waals surface area contributed by atoms with Gasteiger partial charge in [0.15, 0.2) is 0 Å². The van der Waals surface area contributed by atoms with Crippen LogP contribution in [0, 0.1) is 0 Å². The largest absolute Gasteiger partial charge is 0.464 e. The summed E-state index contributed by atoms with van der Waals surface area (Å²) in [6.45, 7) is 2.80. The van der Waals surface area contributed by atoms with Crippen molar-refractivity contribution < 1.29 is 4.42 Å². The van der Waals surface area contributed by atoms with Crippen molar-refractivity contribution in [2.45, 2.75) is 19.9 Å². The van der Waals surface area contributed by atoms with E-state index in [4.69, 9.17) is 4.42 Å². The highest BCUT2D eigenvalue weighted by molar-refractivity contribution is 9.10. The first-order valence-electron chi connectivity index (χ1n) is 6.76. The maximum Gasteiger partial charge on any atom is 0.123 e. The molecule has 3 aromatic rings. The molecular formula is C17H16BrNO. The fourth-order valence-electron chi connectivity index (χ4n) is 2.31. The van der Waals surface area contributed by atoms with Gasteiger partial charge >= 0.3 is 0 Å². The van der Waals surface area contributed by atoms with Crippen molar-refractivity contribution in [1.29, 1.82) is 0 Å². The lowest BCUT2D eigenvalue weighted by Crippen LogP contribution is -1.98. The van der Waals surface area contributed by atoms with Gasteiger partial charge in [-0.05, 0) is 29.7 Å². The van der Waals surface area contributed by atoms with E-state index in [-0.39, 0.29) is 0 Å². The molecule has 3 rings (SSSR count). The molecule has 0 fully saturated rings. The number of halogens is 1. The minimum Gasteiger partial charge on any atom is -0.464 e. The number of aryl methyl sites for hydroxylation is 1. The minimum atomic E-state index is 0.700. The number of benzene rings is 2. The molecule has 1 N–H and O–H groups in total. The van der Waals surface area contributed by atoms with Gasteiger partial charge in [0.2, 0.25) is 0 Å². The zero-order valence-electron chi connectivity index (χ0n) is 11.3. The van der Waals surface area contributed by atoms with Crippen LogP contribution in [0.15, 0.2) is 57.4 Å². The fraction of sp³-hybridized carbons (Fsp3) is 0.176. The van der Waals surface area contributed by atoms with Gasteiger partial charge in [-0.25, -0.2) is 0 Å². The van der Waals surface area contributed by atoms with Gasteiger partial charge in [0, 0.05) is 22.0 Å². The van der Waals surface area contributed by atoms with Crippen LogP contribution < -0.4 is 5.32 Å². The number of nitrogens with one attached hydrogen (secondary N) is 1. The van der Waals surface area contributed by atoms with E-state index in [1.54, 1.807) is 0 Å². The number of furan rings is 1. The van der Waals surface area contributed by atoms with Gasteiger partial charge < -0.3 is 9.73 Å². The van der Waals surface area contributed by atoms with Crippen molar-refractivity contribution in [2.75, 3.05) is 5.32 Å². The average Bonchev–Trinajstić information content (AvgIpc) is 2.95. The molecular weight excluding hydrogens is 314 g/mol. The summed E-state index contributed by atoms with van der Waals surface area (Å²) < 4.78 is 6.83. The van der Waals surface area contributed by atoms with E-state index < -0.39 is 0 Å². The van der Waals surface area contributed by atoms with Crippen LogP contribution in [0.2, 0.25) is 0 Å². The Morgan fingerprint density at radius 2 is 1.70 bits per heavy atom. The maximum absolute atomic E-state index is 5.72. The van der Waals surface area contributed by atoms with Crippen LogP contribution in [0.1, 0.15) is 18.4 Å². The summed E-state index contributed by atoms with van der Waals surface area (Å²) in [4.78, 5) is 0. The molecule has 102 valence electrons. The van der Waals surface area contributed by atoms with Crippen molar-refractivity contribution in [1.82, 2.24) is 0 Å². The van der Waals surface area contributed by atoms with Crippen LogP contribution in [0.3, 0.4) is 0 Å². The summed E-state index contributed by atoms with van der Waals surface area (Å²) >= 11 is 3.59. The number of anilines is 1. The van der Waals surface area contributed by atoms with Gasteiger partial charge in [-0.15, -0.1) is 0 Å².